The molecule has 2 atom stereocenters. The molecule has 1 N–H and O–H groups in total. The number of rotatable bonds is 1. The first-order valence-electron chi connectivity index (χ1n) is 12.4. The monoisotopic (exact) mass is 526 g/mol. The van der Waals surface area contributed by atoms with Gasteiger partial charge in [-0.1, -0.05) is 23.8 Å². The van der Waals surface area contributed by atoms with Crippen LogP contribution in [-0.2, 0) is 14.3 Å². The number of benzene rings is 2. The number of cyclic esters (lactones) is 1. The predicted octanol–water partition coefficient (Wildman–Crippen LogP) is 5.70. The smallest absolute Gasteiger partial charge is 0.342 e. The van der Waals surface area contributed by atoms with Gasteiger partial charge >= 0.3 is 11.9 Å². The van der Waals surface area contributed by atoms with Crippen LogP contribution in [0.15, 0.2) is 24.3 Å². The molecule has 3 aliphatic rings. The number of ketones is 1. The summed E-state index contributed by atoms with van der Waals surface area (Å²) >= 11 is 6.40. The molecule has 8 nitrogen and oxygen atoms in total. The van der Waals surface area contributed by atoms with E-state index >= 15 is 0 Å². The van der Waals surface area contributed by atoms with Crippen molar-refractivity contribution >= 4 is 35.4 Å². The number of phenols is 1. The zero-order valence-corrected chi connectivity index (χ0v) is 21.1. The van der Waals surface area contributed by atoms with E-state index in [-0.39, 0.29) is 36.1 Å². The molecule has 0 radical (unpaired) electrons. The third-order valence-corrected chi connectivity index (χ3v) is 7.11. The van der Waals surface area contributed by atoms with E-state index in [1.54, 1.807) is 31.2 Å². The van der Waals surface area contributed by atoms with Crippen LogP contribution in [-0.4, -0.2) is 35.7 Å². The Morgan fingerprint density at radius 1 is 1.03 bits per heavy atom. The first-order chi connectivity index (χ1) is 17.8. The number of hydrogen-bond acceptors (Lipinski definition) is 8. The highest BCUT2D eigenvalue weighted by molar-refractivity contribution is 6.32. The van der Waals surface area contributed by atoms with Crippen molar-refractivity contribution in [2.24, 2.45) is 0 Å². The predicted molar refractivity (Wildman–Crippen MR) is 134 cm³/mol. The average Bonchev–Trinajstić information content (AvgIpc) is 3.32. The van der Waals surface area contributed by atoms with Crippen LogP contribution < -0.4 is 14.2 Å². The Bertz CT molecular complexity index is 1300. The number of carbonyl (C=O) groups is 3. The van der Waals surface area contributed by atoms with Crippen molar-refractivity contribution in [3.8, 4) is 23.0 Å². The minimum atomic E-state index is -0.685. The van der Waals surface area contributed by atoms with Crippen LogP contribution in [0.3, 0.4) is 0 Å². The molecule has 5 rings (SSSR count). The summed E-state index contributed by atoms with van der Waals surface area (Å²) in [5.41, 5.74) is 1.29. The molecule has 0 aromatic heterocycles. The largest absolute Gasteiger partial charge is 0.507 e. The molecule has 2 aromatic rings. The highest BCUT2D eigenvalue weighted by Gasteiger charge is 2.36. The van der Waals surface area contributed by atoms with Crippen LogP contribution >= 0.6 is 11.6 Å². The van der Waals surface area contributed by atoms with Gasteiger partial charge in [0.15, 0.2) is 11.5 Å². The molecule has 37 heavy (non-hydrogen) atoms. The maximum Gasteiger partial charge on any atom is 0.342 e. The van der Waals surface area contributed by atoms with E-state index in [0.717, 1.165) is 0 Å². The van der Waals surface area contributed by atoms with Crippen LogP contribution in [0.4, 0.5) is 0 Å². The molecule has 0 saturated heterocycles. The van der Waals surface area contributed by atoms with Gasteiger partial charge in [-0.2, -0.15) is 0 Å². The lowest BCUT2D eigenvalue weighted by atomic mass is 9.83. The fourth-order valence-electron chi connectivity index (χ4n) is 4.99. The number of aromatic hydroxyl groups is 1. The number of allylic oxidation sites excluding steroid dienone is 1. The van der Waals surface area contributed by atoms with Crippen molar-refractivity contribution in [2.45, 2.75) is 63.9 Å². The van der Waals surface area contributed by atoms with Gasteiger partial charge in [0.05, 0.1) is 17.5 Å². The second kappa shape index (κ2) is 10.5. The number of hydrogen-bond donors (Lipinski definition) is 1. The van der Waals surface area contributed by atoms with Crippen LogP contribution in [0.1, 0.15) is 84.8 Å². The van der Waals surface area contributed by atoms with Gasteiger partial charge in [-0.05, 0) is 61.9 Å². The highest BCUT2D eigenvalue weighted by atomic mass is 35.5. The van der Waals surface area contributed by atoms with Gasteiger partial charge in [-0.3, -0.25) is 9.59 Å². The second-order valence-electron chi connectivity index (χ2n) is 9.51. The summed E-state index contributed by atoms with van der Waals surface area (Å²) in [7, 11) is 0. The molecule has 0 saturated carbocycles. The Labute approximate surface area is 219 Å². The number of esters is 2. The number of phenolic OH excluding ortho intramolecular Hbond substituents is 1. The molecule has 0 unspecified atom stereocenters. The zero-order valence-electron chi connectivity index (χ0n) is 20.4. The summed E-state index contributed by atoms with van der Waals surface area (Å²) < 4.78 is 22.1. The lowest BCUT2D eigenvalue weighted by molar-refractivity contribution is -0.135. The number of Topliss-reactive ketones (excluding diaryl/α,β-unsaturated/α-hetero) is 1. The molecular formula is C28H27ClO8. The summed E-state index contributed by atoms with van der Waals surface area (Å²) in [5, 5.41) is 11.8. The first-order valence-corrected chi connectivity index (χ1v) is 12.8. The molecule has 3 heterocycles. The van der Waals surface area contributed by atoms with Crippen molar-refractivity contribution < 1.29 is 38.4 Å². The standard InChI is InChI=1S/C28H27ClO8/c1-15-6-5-9-18(30)8-4-2-3-7-16-11-21-25(26(32)24(16)28(33)36-15)19(13-23(31)37-21)17-10-20(29)27-22(12-17)34-14-35-27/h3,7,10-12,15,19,32H,2,4-6,8-9,13-14H2,1H3/t15-,19+/m1/s1. The van der Waals surface area contributed by atoms with E-state index in [9.17, 15) is 19.5 Å². The summed E-state index contributed by atoms with van der Waals surface area (Å²) in [6.07, 6.45) is 6.40. The molecule has 194 valence electrons. The maximum absolute atomic E-state index is 13.3. The van der Waals surface area contributed by atoms with E-state index in [1.165, 1.54) is 0 Å². The summed E-state index contributed by atoms with van der Waals surface area (Å²) in [5.74, 6) is -0.895. The summed E-state index contributed by atoms with van der Waals surface area (Å²) in [6, 6.07) is 4.95. The Balaban J connectivity index is 1.60. The van der Waals surface area contributed by atoms with Gasteiger partial charge in [-0.15, -0.1) is 0 Å². The van der Waals surface area contributed by atoms with Crippen LogP contribution in [0.5, 0.6) is 23.0 Å². The average molecular weight is 527 g/mol. The Kier molecular flexibility index (Phi) is 7.11. The zero-order chi connectivity index (χ0) is 26.1. The van der Waals surface area contributed by atoms with E-state index in [2.05, 4.69) is 0 Å². The quantitative estimate of drug-likeness (QED) is 0.372. The van der Waals surface area contributed by atoms with E-state index < -0.39 is 24.0 Å². The number of halogens is 1. The van der Waals surface area contributed by atoms with Crippen molar-refractivity contribution in [3.05, 3.63) is 51.6 Å². The van der Waals surface area contributed by atoms with E-state index in [4.69, 9.17) is 30.5 Å². The minimum absolute atomic E-state index is 0.00442. The molecule has 0 bridgehead atoms. The fraction of sp³-hybridized carbons (Fsp3) is 0.393. The van der Waals surface area contributed by atoms with Crippen LogP contribution in [0.25, 0.3) is 6.08 Å². The normalized spacial score (nSPS) is 21.9. The van der Waals surface area contributed by atoms with Crippen molar-refractivity contribution in [3.63, 3.8) is 0 Å². The van der Waals surface area contributed by atoms with Crippen molar-refractivity contribution in [1.82, 2.24) is 0 Å². The van der Waals surface area contributed by atoms with Gasteiger partial charge < -0.3 is 24.1 Å². The first kappa shape index (κ1) is 25.1. The lowest BCUT2D eigenvalue weighted by Gasteiger charge is -2.28. The van der Waals surface area contributed by atoms with Crippen molar-refractivity contribution in [2.75, 3.05) is 6.79 Å². The Hall–Kier alpha value is -3.52. The molecule has 2 aromatic carbocycles. The molecular weight excluding hydrogens is 500 g/mol. The van der Waals surface area contributed by atoms with E-state index in [0.29, 0.717) is 71.7 Å². The van der Waals surface area contributed by atoms with Crippen molar-refractivity contribution in [1.29, 1.82) is 0 Å². The molecule has 0 amide bonds. The maximum atomic E-state index is 13.3. The van der Waals surface area contributed by atoms with Crippen LogP contribution in [0, 0.1) is 0 Å². The Morgan fingerprint density at radius 2 is 1.84 bits per heavy atom. The topological polar surface area (TPSA) is 108 Å². The third kappa shape index (κ3) is 5.16. The van der Waals surface area contributed by atoms with Gasteiger partial charge in [0.25, 0.3) is 0 Å². The molecule has 0 aliphatic carbocycles. The second-order valence-corrected chi connectivity index (χ2v) is 9.92. The van der Waals surface area contributed by atoms with Gasteiger partial charge in [0.1, 0.15) is 22.8 Å². The van der Waals surface area contributed by atoms with Gasteiger partial charge in [0, 0.05) is 24.3 Å². The highest BCUT2D eigenvalue weighted by Crippen LogP contribution is 2.50. The molecule has 0 fully saturated rings. The minimum Gasteiger partial charge on any atom is -0.507 e. The Morgan fingerprint density at radius 3 is 2.68 bits per heavy atom. The lowest BCUT2D eigenvalue weighted by Crippen LogP contribution is -2.23. The number of carbonyl (C=O) groups excluding carboxylic acids is 3. The van der Waals surface area contributed by atoms with E-state index in [1.807, 2.05) is 6.08 Å². The number of fused-ring (bicyclic) bond motifs is 3. The summed E-state index contributed by atoms with van der Waals surface area (Å²) in [6.45, 7) is 1.80. The molecule has 9 heteroatoms. The molecule has 0 spiro atoms. The van der Waals surface area contributed by atoms with Crippen LogP contribution in [0.2, 0.25) is 5.02 Å². The SMILES string of the molecule is C[C@@H]1CCCC(=O)CCCC=Cc2cc3c(c(O)c2C(=O)O1)[C@H](c1cc(Cl)c2c(c1)OCO2)CC(=O)O3. The van der Waals surface area contributed by atoms with Gasteiger partial charge in [0.2, 0.25) is 6.79 Å². The third-order valence-electron chi connectivity index (χ3n) is 6.83. The fourth-order valence-corrected chi connectivity index (χ4v) is 5.27. The molecule has 3 aliphatic heterocycles. The summed E-state index contributed by atoms with van der Waals surface area (Å²) in [4.78, 5) is 38.0. The number of ether oxygens (including phenoxy) is 4. The van der Waals surface area contributed by atoms with Gasteiger partial charge in [-0.25, -0.2) is 4.79 Å².